The molecule has 4 atom stereocenters. The van der Waals surface area contributed by atoms with E-state index in [0.29, 0.717) is 12.0 Å². The molecule has 0 bridgehead atoms. The van der Waals surface area contributed by atoms with Gasteiger partial charge < -0.3 is 5.32 Å². The van der Waals surface area contributed by atoms with Crippen molar-refractivity contribution in [2.24, 2.45) is 11.8 Å². The highest BCUT2D eigenvalue weighted by molar-refractivity contribution is 7.89. The van der Waals surface area contributed by atoms with Gasteiger partial charge in [0.2, 0.25) is 21.8 Å². The quantitative estimate of drug-likeness (QED) is 0.464. The van der Waals surface area contributed by atoms with Crippen LogP contribution in [0.2, 0.25) is 0 Å². The summed E-state index contributed by atoms with van der Waals surface area (Å²) in [6.45, 7) is 1.61. The summed E-state index contributed by atoms with van der Waals surface area (Å²) in [6.07, 6.45) is -2.47. The summed E-state index contributed by atoms with van der Waals surface area (Å²) >= 11 is 0. The van der Waals surface area contributed by atoms with Crippen LogP contribution in [0.3, 0.4) is 0 Å². The van der Waals surface area contributed by atoms with Crippen LogP contribution >= 0.6 is 0 Å². The lowest BCUT2D eigenvalue weighted by molar-refractivity contribution is -0.145. The Morgan fingerprint density at radius 3 is 2.34 bits per heavy atom. The van der Waals surface area contributed by atoms with E-state index in [9.17, 15) is 35.2 Å². The minimum absolute atomic E-state index is 0.000655. The second kappa shape index (κ2) is 9.38. The van der Waals surface area contributed by atoms with Crippen molar-refractivity contribution in [3.63, 3.8) is 0 Å². The van der Waals surface area contributed by atoms with Gasteiger partial charge in [-0.05, 0) is 60.2 Å². The fourth-order valence-electron chi connectivity index (χ4n) is 4.96. The summed E-state index contributed by atoms with van der Waals surface area (Å²) in [6, 6.07) is 6.76. The molecule has 200 valence electrons. The third-order valence-corrected chi connectivity index (χ3v) is 8.96. The Hall–Kier alpha value is -3.45. The molecule has 2 aliphatic rings. The molecule has 1 aromatic heterocycles. The van der Waals surface area contributed by atoms with Gasteiger partial charge in [0.1, 0.15) is 17.7 Å². The molecule has 3 aromatic rings. The number of amides is 1. The number of nitrogens with zero attached hydrogens (tertiary/aromatic N) is 3. The number of sulfonamides is 1. The van der Waals surface area contributed by atoms with E-state index in [1.165, 1.54) is 12.1 Å². The molecule has 1 N–H and O–H groups in total. The van der Waals surface area contributed by atoms with Crippen LogP contribution in [0.4, 0.5) is 22.0 Å². The van der Waals surface area contributed by atoms with Gasteiger partial charge >= 0.3 is 6.18 Å². The van der Waals surface area contributed by atoms with E-state index in [0.717, 1.165) is 47.0 Å². The summed E-state index contributed by atoms with van der Waals surface area (Å²) < 4.78 is 93.9. The smallest absolute Gasteiger partial charge is 0.351 e. The number of carbonyl (C=O) groups is 1. The summed E-state index contributed by atoms with van der Waals surface area (Å²) in [5.74, 6) is -3.11. The van der Waals surface area contributed by atoms with Crippen LogP contribution in [0.15, 0.2) is 59.8 Å². The molecule has 1 aliphatic carbocycles. The van der Waals surface area contributed by atoms with Crippen molar-refractivity contribution in [3.8, 4) is 11.1 Å². The SMILES string of the molecule is CC1C2C[C@@H](C(=O)NCc3cc(-c4cnc(C(F)(F)F)nc4)ccc3F)N(S(=O)(=O)c3ccc(F)cc3)C12. The number of aromatic nitrogens is 2. The second-order valence-corrected chi connectivity index (χ2v) is 11.2. The average Bonchev–Trinajstić information content (AvgIpc) is 3.30. The Bertz CT molecular complexity index is 1480. The van der Waals surface area contributed by atoms with Crippen molar-refractivity contribution < 1.29 is 35.2 Å². The highest BCUT2D eigenvalue weighted by Crippen LogP contribution is 2.55. The summed E-state index contributed by atoms with van der Waals surface area (Å²) in [5, 5.41) is 2.58. The summed E-state index contributed by atoms with van der Waals surface area (Å²) in [5.41, 5.74) is 0.591. The van der Waals surface area contributed by atoms with Crippen LogP contribution < -0.4 is 5.32 Å². The van der Waals surface area contributed by atoms with Gasteiger partial charge in [-0.2, -0.15) is 17.5 Å². The lowest BCUT2D eigenvalue weighted by Gasteiger charge is -2.27. The van der Waals surface area contributed by atoms with Crippen molar-refractivity contribution in [1.29, 1.82) is 0 Å². The van der Waals surface area contributed by atoms with E-state index in [2.05, 4.69) is 15.3 Å². The summed E-state index contributed by atoms with van der Waals surface area (Å²) in [7, 11) is -4.10. The maximum absolute atomic E-state index is 14.5. The van der Waals surface area contributed by atoms with Gasteiger partial charge in [0.25, 0.3) is 0 Å². The number of hydrogen-bond donors (Lipinski definition) is 1. The molecular weight excluding hydrogens is 531 g/mol. The average molecular weight is 553 g/mol. The van der Waals surface area contributed by atoms with Crippen LogP contribution in [0, 0.1) is 23.5 Å². The van der Waals surface area contributed by atoms with E-state index in [1.807, 2.05) is 6.92 Å². The number of nitrogens with one attached hydrogen (secondary N) is 1. The van der Waals surface area contributed by atoms with E-state index in [1.54, 1.807) is 0 Å². The predicted octanol–water partition coefficient (Wildman–Crippen LogP) is 4.15. The van der Waals surface area contributed by atoms with Crippen molar-refractivity contribution in [2.75, 3.05) is 0 Å². The van der Waals surface area contributed by atoms with Gasteiger partial charge in [0, 0.05) is 36.1 Å². The number of fused-ring (bicyclic) bond motifs is 1. The van der Waals surface area contributed by atoms with Crippen LogP contribution in [-0.4, -0.2) is 40.7 Å². The van der Waals surface area contributed by atoms with E-state index in [-0.39, 0.29) is 40.4 Å². The minimum atomic E-state index is -4.70. The van der Waals surface area contributed by atoms with E-state index < -0.39 is 45.6 Å². The van der Waals surface area contributed by atoms with Crippen LogP contribution in [0.25, 0.3) is 11.1 Å². The first kappa shape index (κ1) is 26.2. The molecule has 1 saturated carbocycles. The number of piperidine rings is 1. The zero-order valence-electron chi connectivity index (χ0n) is 19.8. The molecule has 2 aromatic carbocycles. The Balaban J connectivity index is 1.33. The van der Waals surface area contributed by atoms with Crippen molar-refractivity contribution in [2.45, 2.75) is 43.0 Å². The van der Waals surface area contributed by atoms with Gasteiger partial charge in [-0.3, -0.25) is 4.79 Å². The molecule has 5 rings (SSSR count). The molecule has 38 heavy (non-hydrogen) atoms. The van der Waals surface area contributed by atoms with Gasteiger partial charge in [-0.25, -0.2) is 27.2 Å². The lowest BCUT2D eigenvalue weighted by Crippen LogP contribution is -2.48. The molecular formula is C25H21F5N4O3S. The zero-order valence-corrected chi connectivity index (χ0v) is 20.6. The maximum Gasteiger partial charge on any atom is 0.451 e. The van der Waals surface area contributed by atoms with Crippen LogP contribution in [0.5, 0.6) is 0 Å². The van der Waals surface area contributed by atoms with Crippen LogP contribution in [0.1, 0.15) is 24.7 Å². The number of carbonyl (C=O) groups excluding carboxylic acids is 1. The van der Waals surface area contributed by atoms with Gasteiger partial charge in [-0.15, -0.1) is 0 Å². The molecule has 1 saturated heterocycles. The Morgan fingerprint density at radius 1 is 1.05 bits per heavy atom. The van der Waals surface area contributed by atoms with E-state index >= 15 is 0 Å². The second-order valence-electron chi connectivity index (χ2n) is 9.37. The predicted molar refractivity (Wildman–Crippen MR) is 125 cm³/mol. The van der Waals surface area contributed by atoms with Gasteiger partial charge in [0.15, 0.2) is 0 Å². The van der Waals surface area contributed by atoms with Crippen molar-refractivity contribution in [1.82, 2.24) is 19.6 Å². The topological polar surface area (TPSA) is 92.3 Å². The normalized spacial score (nSPS) is 23.2. The first-order valence-corrected chi connectivity index (χ1v) is 13.1. The largest absolute Gasteiger partial charge is 0.451 e. The molecule has 2 fully saturated rings. The third-order valence-electron chi connectivity index (χ3n) is 7.04. The van der Waals surface area contributed by atoms with Crippen molar-refractivity contribution in [3.05, 3.63) is 77.9 Å². The Labute approximate surface area is 214 Å². The minimum Gasteiger partial charge on any atom is -0.351 e. The number of benzene rings is 2. The lowest BCUT2D eigenvalue weighted by atomic mass is 10.0. The summed E-state index contributed by atoms with van der Waals surface area (Å²) in [4.78, 5) is 19.6. The molecule has 1 amide bonds. The van der Waals surface area contributed by atoms with Gasteiger partial charge in [-0.1, -0.05) is 13.0 Å². The molecule has 0 spiro atoms. The highest BCUT2D eigenvalue weighted by atomic mass is 32.2. The van der Waals surface area contributed by atoms with E-state index in [4.69, 9.17) is 0 Å². The number of alkyl halides is 3. The fourth-order valence-corrected chi connectivity index (χ4v) is 6.87. The molecule has 0 radical (unpaired) electrons. The standard InChI is InChI=1S/C25H21F5N4O3S/c1-13-19-9-21(34(22(13)19)38(36,37)18-5-3-17(26)4-6-18)23(35)31-10-15-8-14(2-7-20(15)27)16-11-32-24(33-12-16)25(28,29)30/h2-8,11-13,19,21-22H,9-10H2,1H3,(H,31,35)/t13?,19?,21-,22?/m0/s1. The molecule has 7 nitrogen and oxygen atoms in total. The van der Waals surface area contributed by atoms with Crippen LogP contribution in [-0.2, 0) is 27.5 Å². The fraction of sp³-hybridized carbons (Fsp3) is 0.320. The number of rotatable bonds is 6. The molecule has 2 heterocycles. The number of halogens is 5. The van der Waals surface area contributed by atoms with Crippen molar-refractivity contribution >= 4 is 15.9 Å². The maximum atomic E-state index is 14.5. The van der Waals surface area contributed by atoms with Gasteiger partial charge in [0.05, 0.1) is 4.90 Å². The monoisotopic (exact) mass is 552 g/mol. The number of hydrogen-bond acceptors (Lipinski definition) is 5. The first-order chi connectivity index (χ1) is 17.9. The highest BCUT2D eigenvalue weighted by Gasteiger charge is 2.63. The molecule has 3 unspecified atom stereocenters. The Kier molecular flexibility index (Phi) is 6.46. The zero-order chi connectivity index (χ0) is 27.4. The molecule has 13 heteroatoms. The Morgan fingerprint density at radius 2 is 1.71 bits per heavy atom. The third kappa shape index (κ3) is 4.75. The molecule has 1 aliphatic heterocycles. The first-order valence-electron chi connectivity index (χ1n) is 11.6.